The number of carboxylic acid groups (broad SMARTS) is 1. The summed E-state index contributed by atoms with van der Waals surface area (Å²) in [5, 5.41) is 14.0. The number of amides is 1. The molecule has 42 heavy (non-hydrogen) atoms. The van der Waals surface area contributed by atoms with E-state index in [4.69, 9.17) is 9.72 Å². The molecule has 2 aliphatic carbocycles. The summed E-state index contributed by atoms with van der Waals surface area (Å²) < 4.78 is 9.20. The largest absolute Gasteiger partial charge is 0.481 e. The van der Waals surface area contributed by atoms with Crippen LogP contribution in [0.4, 0.5) is 17.2 Å². The Hall–Kier alpha value is -3.33. The van der Waals surface area contributed by atoms with E-state index in [0.29, 0.717) is 48.8 Å². The van der Waals surface area contributed by atoms with E-state index in [-0.39, 0.29) is 17.9 Å². The second kappa shape index (κ2) is 11.7. The zero-order valence-electron chi connectivity index (χ0n) is 24.3. The Labute approximate surface area is 259 Å². The van der Waals surface area contributed by atoms with E-state index >= 15 is 0 Å². The Morgan fingerprint density at radius 3 is 2.55 bits per heavy atom. The van der Waals surface area contributed by atoms with Gasteiger partial charge in [-0.2, -0.15) is 0 Å². The highest BCUT2D eigenvalue weighted by Crippen LogP contribution is 2.45. The van der Waals surface area contributed by atoms with Crippen LogP contribution < -0.4 is 14.5 Å². The number of pyridine rings is 1. The predicted octanol–water partition coefficient (Wildman–Crippen LogP) is 5.83. The maximum absolute atomic E-state index is 13.7. The smallest absolute Gasteiger partial charge is 0.308 e. The van der Waals surface area contributed by atoms with Crippen LogP contribution in [-0.2, 0) is 16.6 Å². The lowest BCUT2D eigenvalue weighted by atomic mass is 9.87. The van der Waals surface area contributed by atoms with Gasteiger partial charge in [-0.15, -0.1) is 5.10 Å². The molecule has 0 spiro atoms. The van der Waals surface area contributed by atoms with Crippen molar-refractivity contribution in [2.45, 2.75) is 64.9 Å². The SMILES string of the molecule is CC#CC(=O)N(c1ccc2c(n1)c(OC1CCC(C(=O)O)CC1)nn2C)c1cc(C)c(I)cc1N1CCC(C2CC2)C1. The summed E-state index contributed by atoms with van der Waals surface area (Å²) in [4.78, 5) is 34.1. The van der Waals surface area contributed by atoms with Crippen LogP contribution in [-0.4, -0.2) is 50.9 Å². The molecular weight excluding hydrogens is 645 g/mol. The first kappa shape index (κ1) is 28.8. The molecule has 1 N–H and O–H groups in total. The van der Waals surface area contributed by atoms with Crippen molar-refractivity contribution < 1.29 is 19.4 Å². The molecule has 1 aliphatic heterocycles. The number of nitrogens with zero attached hydrogens (tertiary/aromatic N) is 5. The minimum Gasteiger partial charge on any atom is -0.481 e. The molecule has 0 radical (unpaired) electrons. The average Bonchev–Trinajstić information content (AvgIpc) is 3.62. The van der Waals surface area contributed by atoms with E-state index < -0.39 is 5.97 Å². The van der Waals surface area contributed by atoms with Crippen molar-refractivity contribution in [2.24, 2.45) is 24.8 Å². The highest BCUT2D eigenvalue weighted by molar-refractivity contribution is 14.1. The lowest BCUT2D eigenvalue weighted by molar-refractivity contribution is -0.143. The summed E-state index contributed by atoms with van der Waals surface area (Å²) in [5.74, 6) is 6.52. The normalized spacial score (nSPS) is 22.1. The zero-order chi connectivity index (χ0) is 29.5. The number of fused-ring (bicyclic) bond motifs is 1. The second-order valence-electron chi connectivity index (χ2n) is 11.8. The van der Waals surface area contributed by atoms with Crippen LogP contribution in [0.1, 0.15) is 57.4 Å². The van der Waals surface area contributed by atoms with Gasteiger partial charge in [-0.3, -0.25) is 19.2 Å². The highest BCUT2D eigenvalue weighted by atomic mass is 127. The van der Waals surface area contributed by atoms with Crippen molar-refractivity contribution in [2.75, 3.05) is 22.9 Å². The number of anilines is 3. The third kappa shape index (κ3) is 5.68. The van der Waals surface area contributed by atoms with E-state index in [1.54, 1.807) is 16.5 Å². The number of carboxylic acids is 1. The van der Waals surface area contributed by atoms with Crippen LogP contribution in [0.15, 0.2) is 24.3 Å². The maximum Gasteiger partial charge on any atom is 0.308 e. The molecule has 220 valence electrons. The van der Waals surface area contributed by atoms with Crippen molar-refractivity contribution >= 4 is 62.7 Å². The summed E-state index contributed by atoms with van der Waals surface area (Å²) in [7, 11) is 1.84. The lowest BCUT2D eigenvalue weighted by Crippen LogP contribution is -2.29. The minimum atomic E-state index is -0.745. The van der Waals surface area contributed by atoms with Crippen molar-refractivity contribution in [1.82, 2.24) is 14.8 Å². The van der Waals surface area contributed by atoms with Gasteiger partial charge >= 0.3 is 11.9 Å². The summed E-state index contributed by atoms with van der Waals surface area (Å²) in [6, 6.07) is 8.01. The quantitative estimate of drug-likeness (QED) is 0.248. The molecule has 0 bridgehead atoms. The minimum absolute atomic E-state index is 0.132. The monoisotopic (exact) mass is 681 g/mol. The molecule has 3 fully saturated rings. The van der Waals surface area contributed by atoms with Crippen LogP contribution in [0, 0.1) is 40.1 Å². The molecule has 1 saturated heterocycles. The first-order chi connectivity index (χ1) is 20.2. The molecule has 10 heteroatoms. The highest BCUT2D eigenvalue weighted by Gasteiger charge is 2.37. The van der Waals surface area contributed by atoms with Crippen molar-refractivity contribution in [3.8, 4) is 17.7 Å². The third-order valence-corrected chi connectivity index (χ3v) is 10.1. The van der Waals surface area contributed by atoms with Gasteiger partial charge in [0, 0.05) is 23.7 Å². The zero-order valence-corrected chi connectivity index (χ0v) is 26.4. The average molecular weight is 682 g/mol. The van der Waals surface area contributed by atoms with Gasteiger partial charge in [-0.25, -0.2) is 4.98 Å². The Morgan fingerprint density at radius 2 is 1.86 bits per heavy atom. The number of aryl methyl sites for hydroxylation is 2. The Balaban J connectivity index is 1.38. The maximum atomic E-state index is 13.7. The Morgan fingerprint density at radius 1 is 1.10 bits per heavy atom. The van der Waals surface area contributed by atoms with Gasteiger partial charge in [-0.05, 0) is 129 Å². The molecule has 1 unspecified atom stereocenters. The topological polar surface area (TPSA) is 101 Å². The summed E-state index contributed by atoms with van der Waals surface area (Å²) in [5.41, 5.74) is 4.24. The summed E-state index contributed by atoms with van der Waals surface area (Å²) in [6.45, 7) is 5.68. The second-order valence-corrected chi connectivity index (χ2v) is 13.0. The van der Waals surface area contributed by atoms with Crippen LogP contribution in [0.5, 0.6) is 5.88 Å². The number of aliphatic carboxylic acids is 1. The molecule has 3 aromatic rings. The van der Waals surface area contributed by atoms with Crippen LogP contribution >= 0.6 is 22.6 Å². The Bertz CT molecular complexity index is 1600. The number of halogens is 1. The molecule has 1 atom stereocenters. The summed E-state index contributed by atoms with van der Waals surface area (Å²) >= 11 is 2.37. The first-order valence-electron chi connectivity index (χ1n) is 14.8. The van der Waals surface area contributed by atoms with Crippen LogP contribution in [0.3, 0.4) is 0 Å². The van der Waals surface area contributed by atoms with E-state index in [1.807, 2.05) is 19.2 Å². The third-order valence-electron chi connectivity index (χ3n) is 8.97. The number of hydrogen-bond donors (Lipinski definition) is 1. The Kier molecular flexibility index (Phi) is 8.05. The van der Waals surface area contributed by atoms with Crippen molar-refractivity contribution in [1.29, 1.82) is 0 Å². The molecular formula is C32H36IN5O4. The van der Waals surface area contributed by atoms with Gasteiger partial charge in [0.15, 0.2) is 5.52 Å². The van der Waals surface area contributed by atoms with E-state index in [1.165, 1.54) is 19.3 Å². The van der Waals surface area contributed by atoms with E-state index in [9.17, 15) is 14.7 Å². The molecule has 6 rings (SSSR count). The molecule has 2 aromatic heterocycles. The van der Waals surface area contributed by atoms with Gasteiger partial charge in [0.25, 0.3) is 5.88 Å². The van der Waals surface area contributed by atoms with Crippen LogP contribution in [0.25, 0.3) is 11.0 Å². The van der Waals surface area contributed by atoms with E-state index in [2.05, 4.69) is 63.5 Å². The molecule has 1 amide bonds. The van der Waals surface area contributed by atoms with Crippen molar-refractivity contribution in [3.63, 3.8) is 0 Å². The van der Waals surface area contributed by atoms with E-state index in [0.717, 1.165) is 45.0 Å². The van der Waals surface area contributed by atoms with Gasteiger partial charge < -0.3 is 14.7 Å². The number of ether oxygens (including phenoxy) is 1. The number of aromatic nitrogens is 3. The fourth-order valence-corrected chi connectivity index (χ4v) is 6.88. The fraction of sp³-hybridized carbons (Fsp3) is 0.500. The van der Waals surface area contributed by atoms with Gasteiger partial charge in [0.2, 0.25) is 0 Å². The predicted molar refractivity (Wildman–Crippen MR) is 170 cm³/mol. The molecule has 2 saturated carbocycles. The number of hydrogen-bond acceptors (Lipinski definition) is 6. The number of carbonyl (C=O) groups is 2. The van der Waals surface area contributed by atoms with Gasteiger partial charge in [0.05, 0.1) is 22.8 Å². The number of rotatable bonds is 7. The fourth-order valence-electron chi connectivity index (χ4n) is 6.43. The molecule has 3 aliphatic rings. The standard InChI is InChI=1S/C32H36IN5O4/c1-4-5-29(39)38(27-16-19(2)24(33)17-26(27)37-15-14-22(18-37)20-6-7-20)28-13-12-25-30(34-28)31(35-36(25)3)42-23-10-8-21(9-11-23)32(40)41/h12-13,16-17,20-23H,6-11,14-15,18H2,1-3H3,(H,40,41). The number of benzene rings is 1. The van der Waals surface area contributed by atoms with Gasteiger partial charge in [-0.1, -0.05) is 5.92 Å². The number of carbonyl (C=O) groups excluding carboxylic acids is 1. The lowest BCUT2D eigenvalue weighted by Gasteiger charge is -2.29. The van der Waals surface area contributed by atoms with Crippen molar-refractivity contribution in [3.05, 3.63) is 33.4 Å². The molecule has 9 nitrogen and oxygen atoms in total. The first-order valence-corrected chi connectivity index (χ1v) is 15.9. The molecule has 3 heterocycles. The summed E-state index contributed by atoms with van der Waals surface area (Å²) in [6.07, 6.45) is 6.15. The van der Waals surface area contributed by atoms with Crippen LogP contribution in [0.2, 0.25) is 0 Å². The molecule has 1 aromatic carbocycles. The van der Waals surface area contributed by atoms with Gasteiger partial charge in [0.1, 0.15) is 11.9 Å².